The predicted molar refractivity (Wildman–Crippen MR) is 120 cm³/mol. The van der Waals surface area contributed by atoms with Crippen molar-refractivity contribution in [1.29, 1.82) is 0 Å². The maximum absolute atomic E-state index is 12.7. The number of ether oxygens (including phenoxy) is 1. The van der Waals surface area contributed by atoms with Crippen molar-refractivity contribution in [2.45, 2.75) is 24.5 Å². The second-order valence-corrected chi connectivity index (χ2v) is 8.78. The van der Waals surface area contributed by atoms with Crippen molar-refractivity contribution in [1.82, 2.24) is 15.2 Å². The lowest BCUT2D eigenvalue weighted by Gasteiger charge is -2.49. The first-order chi connectivity index (χ1) is 16.8. The van der Waals surface area contributed by atoms with Crippen LogP contribution in [0.4, 0.5) is 18.3 Å². The quantitative estimate of drug-likeness (QED) is 0.198. The lowest BCUT2D eigenvalue weighted by molar-refractivity contribution is -0.192. The molecule has 18 heteroatoms. The number of nitrogen functional groups attached to an aromatic ring is 1. The molecule has 1 fully saturated rings. The average Bonchev–Trinajstić information content (AvgIpc) is 3.23. The van der Waals surface area contributed by atoms with E-state index >= 15 is 0 Å². The zero-order valence-corrected chi connectivity index (χ0v) is 20.2. The van der Waals surface area contributed by atoms with Crippen LogP contribution < -0.4 is 11.1 Å². The van der Waals surface area contributed by atoms with Crippen LogP contribution in [-0.2, 0) is 28.8 Å². The van der Waals surface area contributed by atoms with E-state index in [0.717, 1.165) is 11.3 Å². The molecule has 3 heterocycles. The maximum Gasteiger partial charge on any atom is 0.490 e. The molecule has 3 rings (SSSR count). The third-order valence-corrected chi connectivity index (χ3v) is 6.38. The molecule has 1 aromatic heterocycles. The van der Waals surface area contributed by atoms with Gasteiger partial charge in [0.25, 0.3) is 11.8 Å². The highest BCUT2D eigenvalue weighted by atomic mass is 32.2. The summed E-state index contributed by atoms with van der Waals surface area (Å²) < 4.78 is 36.8. The summed E-state index contributed by atoms with van der Waals surface area (Å²) in [4.78, 5) is 56.1. The zero-order chi connectivity index (χ0) is 27.2. The largest absolute Gasteiger partial charge is 0.490 e. The number of nitrogens with zero attached hydrogens (tertiary/aromatic N) is 3. The van der Waals surface area contributed by atoms with Crippen molar-refractivity contribution < 1.29 is 52.1 Å². The van der Waals surface area contributed by atoms with E-state index in [4.69, 9.17) is 25.2 Å². The van der Waals surface area contributed by atoms with Crippen molar-refractivity contribution in [3.8, 4) is 0 Å². The summed E-state index contributed by atoms with van der Waals surface area (Å²) in [7, 11) is 1.45. The Morgan fingerprint density at radius 2 is 2.00 bits per heavy atom. The van der Waals surface area contributed by atoms with Gasteiger partial charge in [-0.1, -0.05) is 5.16 Å². The van der Waals surface area contributed by atoms with E-state index in [-0.39, 0.29) is 35.4 Å². The molecular weight excluding hydrogens is 535 g/mol. The summed E-state index contributed by atoms with van der Waals surface area (Å²) in [6.07, 6.45) is -5.08. The van der Waals surface area contributed by atoms with Gasteiger partial charge in [-0.05, 0) is 12.5 Å². The van der Waals surface area contributed by atoms with E-state index < -0.39 is 41.3 Å². The smallest absolute Gasteiger partial charge is 0.477 e. The Labute approximate surface area is 209 Å². The Balaban J connectivity index is 0.000000572. The number of β-lactam (4-membered cyclic amide) rings is 1. The first-order valence-corrected chi connectivity index (χ1v) is 11.7. The van der Waals surface area contributed by atoms with E-state index in [1.165, 1.54) is 23.8 Å². The minimum Gasteiger partial charge on any atom is -0.477 e. The van der Waals surface area contributed by atoms with Gasteiger partial charge < -0.3 is 30.8 Å². The van der Waals surface area contributed by atoms with Crippen molar-refractivity contribution in [2.24, 2.45) is 5.16 Å². The first-order valence-electron chi connectivity index (χ1n) is 9.74. The number of carboxylic acids is 2. The summed E-state index contributed by atoms with van der Waals surface area (Å²) in [6.45, 7) is 2.05. The van der Waals surface area contributed by atoms with Gasteiger partial charge in [0.1, 0.15) is 29.4 Å². The number of amides is 2. The summed E-state index contributed by atoms with van der Waals surface area (Å²) in [6, 6.07) is -0.895. The topological polar surface area (TPSA) is 194 Å². The molecule has 36 heavy (non-hydrogen) atoms. The van der Waals surface area contributed by atoms with E-state index in [2.05, 4.69) is 15.5 Å². The third kappa shape index (κ3) is 6.64. The number of alkyl halides is 3. The molecule has 2 amide bonds. The summed E-state index contributed by atoms with van der Waals surface area (Å²) in [5, 5.41) is 24.3. The number of hydrogen-bond donors (Lipinski definition) is 4. The molecule has 2 aliphatic heterocycles. The molecule has 0 spiro atoms. The Bertz CT molecular complexity index is 1090. The highest BCUT2D eigenvalue weighted by Gasteiger charge is 2.54. The number of carboxylic acid groups (broad SMARTS) is 2. The molecule has 198 valence electrons. The number of halogens is 3. The number of oxime groups is 1. The summed E-state index contributed by atoms with van der Waals surface area (Å²) in [5.41, 5.74) is 6.15. The Morgan fingerprint density at radius 3 is 2.47 bits per heavy atom. The molecule has 0 saturated carbocycles. The van der Waals surface area contributed by atoms with Gasteiger partial charge in [0.15, 0.2) is 10.8 Å². The number of fused-ring (bicyclic) bond motifs is 1. The van der Waals surface area contributed by atoms with Gasteiger partial charge in [-0.2, -0.15) is 13.2 Å². The molecular formula is C18H20F3N5O8S2. The van der Waals surface area contributed by atoms with Crippen LogP contribution in [0, 0.1) is 0 Å². The number of aliphatic carboxylic acids is 2. The van der Waals surface area contributed by atoms with E-state index in [1.807, 2.05) is 0 Å². The molecule has 0 radical (unpaired) electrons. The molecule has 0 aromatic carbocycles. The molecule has 1 saturated heterocycles. The minimum atomic E-state index is -5.08. The van der Waals surface area contributed by atoms with Gasteiger partial charge >= 0.3 is 18.1 Å². The van der Waals surface area contributed by atoms with Crippen LogP contribution >= 0.6 is 23.1 Å². The van der Waals surface area contributed by atoms with E-state index in [0.29, 0.717) is 11.3 Å². The van der Waals surface area contributed by atoms with Crippen molar-refractivity contribution in [3.63, 3.8) is 0 Å². The number of nitrogens with two attached hydrogens (primary N) is 1. The number of aromatic nitrogens is 1. The lowest BCUT2D eigenvalue weighted by atomic mass is 10.0. The lowest BCUT2D eigenvalue weighted by Crippen LogP contribution is -2.71. The first kappa shape index (κ1) is 28.9. The summed E-state index contributed by atoms with van der Waals surface area (Å²) in [5.74, 6) is -4.77. The van der Waals surface area contributed by atoms with Gasteiger partial charge in [-0.15, -0.1) is 23.1 Å². The Kier molecular flexibility index (Phi) is 9.65. The maximum atomic E-state index is 12.7. The molecule has 5 N–H and O–H groups in total. The second kappa shape index (κ2) is 12.0. The van der Waals surface area contributed by atoms with Crippen molar-refractivity contribution in [3.05, 3.63) is 22.3 Å². The van der Waals surface area contributed by atoms with Crippen LogP contribution in [0.5, 0.6) is 0 Å². The van der Waals surface area contributed by atoms with Crippen molar-refractivity contribution >= 4 is 57.7 Å². The minimum absolute atomic E-state index is 0.0958. The van der Waals surface area contributed by atoms with Crippen molar-refractivity contribution in [2.75, 3.05) is 31.8 Å². The monoisotopic (exact) mass is 555 g/mol. The van der Waals surface area contributed by atoms with Crippen LogP contribution in [0.25, 0.3) is 0 Å². The van der Waals surface area contributed by atoms with Crippen LogP contribution in [0.2, 0.25) is 0 Å². The van der Waals surface area contributed by atoms with E-state index in [1.54, 1.807) is 12.3 Å². The highest BCUT2D eigenvalue weighted by Crippen LogP contribution is 2.40. The number of thioether (sulfide) groups is 1. The fourth-order valence-electron chi connectivity index (χ4n) is 2.91. The molecule has 1 aromatic rings. The van der Waals surface area contributed by atoms with Gasteiger partial charge in [0.2, 0.25) is 0 Å². The summed E-state index contributed by atoms with van der Waals surface area (Å²) >= 11 is 2.49. The van der Waals surface area contributed by atoms with Gasteiger partial charge in [0, 0.05) is 18.2 Å². The third-order valence-electron chi connectivity index (χ3n) is 4.36. The van der Waals surface area contributed by atoms with Crippen LogP contribution in [0.15, 0.2) is 21.8 Å². The van der Waals surface area contributed by atoms with Crippen LogP contribution in [-0.4, -0.2) is 93.2 Å². The second-order valence-electron chi connectivity index (χ2n) is 6.78. The fourth-order valence-corrected chi connectivity index (χ4v) is 4.78. The highest BCUT2D eigenvalue weighted by molar-refractivity contribution is 8.00. The number of thiazole rings is 1. The number of hydrogen-bond acceptors (Lipinski definition) is 11. The Morgan fingerprint density at radius 1 is 1.36 bits per heavy atom. The predicted octanol–water partition coefficient (Wildman–Crippen LogP) is 0.484. The molecule has 0 bridgehead atoms. The normalized spacial score (nSPS) is 19.5. The number of methoxy groups -OCH3 is 1. The number of anilines is 1. The molecule has 0 aliphatic carbocycles. The van der Waals surface area contributed by atoms with Gasteiger partial charge in [0.05, 0.1) is 6.61 Å². The number of carbonyl (C=O) groups is 4. The fraction of sp³-hybridized carbons (Fsp3) is 0.444. The zero-order valence-electron chi connectivity index (χ0n) is 18.6. The molecule has 2 atom stereocenters. The average molecular weight is 556 g/mol. The standard InChI is InChI=1S/C16H19N5O6S2.C2HF3O2/c1-3-27-20-9(8-6-29-16(17)18-8)12(22)19-10-13(23)21-11(15(24)25)7(4-26-2)5-28-14(10)21;3-2(4,5)1(6)7/h6,10,14H,3-5H2,1-2H3,(H2,17,18)(H,19,22)(H,24,25);(H,6,7)/b20-9+;/t10?,14-;/m1./s1. The van der Waals surface area contributed by atoms with Crippen LogP contribution in [0.3, 0.4) is 0 Å². The van der Waals surface area contributed by atoms with Crippen LogP contribution in [0.1, 0.15) is 12.6 Å². The van der Waals surface area contributed by atoms with Gasteiger partial charge in [-0.25, -0.2) is 14.6 Å². The van der Waals surface area contributed by atoms with Gasteiger partial charge in [-0.3, -0.25) is 14.5 Å². The molecule has 13 nitrogen and oxygen atoms in total. The van der Waals surface area contributed by atoms with E-state index in [9.17, 15) is 32.7 Å². The number of carbonyl (C=O) groups excluding carboxylic acids is 2. The molecule has 1 unspecified atom stereocenters. The SMILES string of the molecule is CCO/N=C(/C(=O)NC1C(=O)N2C(C(=O)O)=C(COC)CS[C@H]12)c1csc(N)n1.O=C(O)C(F)(F)F. The Hall–Kier alpha value is -3.38. The molecule has 2 aliphatic rings. The number of rotatable bonds is 8. The number of nitrogens with one attached hydrogen (secondary N) is 1.